The first kappa shape index (κ1) is 14.5. The van der Waals surface area contributed by atoms with E-state index in [9.17, 15) is 0 Å². The first-order valence-electron chi connectivity index (χ1n) is 6.97. The van der Waals surface area contributed by atoms with Crippen LogP contribution >= 0.6 is 11.6 Å². The zero-order valence-corrected chi connectivity index (χ0v) is 12.9. The second-order valence-corrected chi connectivity index (χ2v) is 5.60. The van der Waals surface area contributed by atoms with Crippen molar-refractivity contribution in [3.63, 3.8) is 0 Å². The summed E-state index contributed by atoms with van der Waals surface area (Å²) in [4.78, 5) is 9.65. The van der Waals surface area contributed by atoms with E-state index < -0.39 is 0 Å². The highest BCUT2D eigenvalue weighted by Crippen LogP contribution is 2.26. The van der Waals surface area contributed by atoms with Crippen LogP contribution in [-0.4, -0.2) is 45.2 Å². The molecule has 3 rings (SSSR count). The zero-order chi connectivity index (χ0) is 14.8. The lowest BCUT2D eigenvalue weighted by atomic mass is 9.94. The normalized spacial score (nSPS) is 17.5. The van der Waals surface area contributed by atoms with Crippen LogP contribution in [0.15, 0.2) is 10.7 Å². The van der Waals surface area contributed by atoms with Crippen molar-refractivity contribution in [3.05, 3.63) is 17.2 Å². The Labute approximate surface area is 127 Å². The van der Waals surface area contributed by atoms with Gasteiger partial charge in [0.25, 0.3) is 0 Å². The molecule has 0 atom stereocenters. The van der Waals surface area contributed by atoms with Gasteiger partial charge >= 0.3 is 0 Å². The number of hydrogen-bond donors (Lipinski definition) is 0. The van der Waals surface area contributed by atoms with Crippen LogP contribution in [0.25, 0.3) is 11.4 Å². The third-order valence-electron chi connectivity index (χ3n) is 3.87. The Kier molecular flexibility index (Phi) is 4.23. The van der Waals surface area contributed by atoms with Crippen LogP contribution in [0.5, 0.6) is 0 Å². The van der Waals surface area contributed by atoms with E-state index in [1.807, 2.05) is 5.06 Å². The van der Waals surface area contributed by atoms with Gasteiger partial charge in [0, 0.05) is 26.6 Å². The van der Waals surface area contributed by atoms with Crippen LogP contribution in [0.4, 0.5) is 0 Å². The molecule has 1 fully saturated rings. The number of piperidine rings is 1. The molecule has 114 valence electrons. The predicted molar refractivity (Wildman–Crippen MR) is 76.5 cm³/mol. The quantitative estimate of drug-likeness (QED) is 0.859. The van der Waals surface area contributed by atoms with Crippen molar-refractivity contribution in [3.8, 4) is 11.4 Å². The summed E-state index contributed by atoms with van der Waals surface area (Å²) in [5, 5.41) is 10.6. The minimum absolute atomic E-state index is 0.498. The topological polar surface area (TPSA) is 69.2 Å². The molecule has 0 aromatic carbocycles. The fourth-order valence-electron chi connectivity index (χ4n) is 2.56. The van der Waals surface area contributed by atoms with E-state index in [4.69, 9.17) is 21.0 Å². The van der Waals surface area contributed by atoms with Crippen LogP contribution in [0, 0.1) is 5.92 Å². The van der Waals surface area contributed by atoms with E-state index in [-0.39, 0.29) is 0 Å². The van der Waals surface area contributed by atoms with Crippen LogP contribution in [0.1, 0.15) is 18.7 Å². The number of hydroxylamine groups is 2. The maximum absolute atomic E-state index is 6.14. The van der Waals surface area contributed by atoms with E-state index in [1.54, 1.807) is 25.0 Å². The second kappa shape index (κ2) is 6.13. The summed E-state index contributed by atoms with van der Waals surface area (Å²) < 4.78 is 6.91. The molecule has 1 saturated heterocycles. The number of nitrogens with zero attached hydrogens (tertiary/aromatic N) is 5. The number of aryl methyl sites for hydroxylation is 1. The van der Waals surface area contributed by atoms with E-state index >= 15 is 0 Å². The molecule has 0 aliphatic carbocycles. The Morgan fingerprint density at radius 2 is 2.19 bits per heavy atom. The lowest BCUT2D eigenvalue weighted by Gasteiger charge is -2.29. The van der Waals surface area contributed by atoms with Gasteiger partial charge in [-0.05, 0) is 18.8 Å². The van der Waals surface area contributed by atoms with Gasteiger partial charge in [-0.1, -0.05) is 16.8 Å². The van der Waals surface area contributed by atoms with Gasteiger partial charge in [-0.3, -0.25) is 4.68 Å². The molecule has 7 nitrogen and oxygen atoms in total. The summed E-state index contributed by atoms with van der Waals surface area (Å²) in [6, 6.07) is 0. The Morgan fingerprint density at radius 3 is 2.81 bits per heavy atom. The molecule has 2 aromatic heterocycles. The number of hydrogen-bond acceptors (Lipinski definition) is 6. The molecular weight excluding hydrogens is 294 g/mol. The summed E-state index contributed by atoms with van der Waals surface area (Å²) in [6.07, 6.45) is 4.58. The lowest BCUT2D eigenvalue weighted by molar-refractivity contribution is -0.148. The van der Waals surface area contributed by atoms with Crippen molar-refractivity contribution >= 4 is 11.6 Å². The minimum Gasteiger partial charge on any atom is -0.339 e. The number of aromatic nitrogens is 4. The molecule has 0 unspecified atom stereocenters. The fraction of sp³-hybridized carbons (Fsp3) is 0.615. The SMILES string of the molecule is CON1CCC(Cc2nc(-c3cnn(C)c3Cl)no2)CC1. The van der Waals surface area contributed by atoms with Crippen LogP contribution in [0.2, 0.25) is 5.15 Å². The third kappa shape index (κ3) is 3.09. The van der Waals surface area contributed by atoms with Gasteiger partial charge in [0.05, 0.1) is 18.9 Å². The number of rotatable bonds is 4. The molecule has 0 N–H and O–H groups in total. The van der Waals surface area contributed by atoms with Crippen LogP contribution < -0.4 is 0 Å². The Hall–Kier alpha value is -1.44. The maximum atomic E-state index is 6.14. The predicted octanol–water partition coefficient (Wildman–Crippen LogP) is 1.94. The molecule has 21 heavy (non-hydrogen) atoms. The van der Waals surface area contributed by atoms with Crippen molar-refractivity contribution in [2.75, 3.05) is 20.2 Å². The van der Waals surface area contributed by atoms with Gasteiger partial charge in [-0.2, -0.15) is 15.1 Å². The zero-order valence-electron chi connectivity index (χ0n) is 12.1. The molecule has 0 spiro atoms. The highest BCUT2D eigenvalue weighted by Gasteiger charge is 2.22. The standard InChI is InChI=1S/C13H18ClN5O2/c1-18-12(14)10(8-15-18)13-16-11(21-17-13)7-9-3-5-19(20-2)6-4-9/h8-9H,3-7H2,1-2H3. The maximum Gasteiger partial charge on any atom is 0.227 e. The highest BCUT2D eigenvalue weighted by molar-refractivity contribution is 6.32. The van der Waals surface area contributed by atoms with Gasteiger partial charge in [0.15, 0.2) is 0 Å². The van der Waals surface area contributed by atoms with Crippen molar-refractivity contribution < 1.29 is 9.36 Å². The van der Waals surface area contributed by atoms with Crippen molar-refractivity contribution in [1.29, 1.82) is 0 Å². The summed E-state index contributed by atoms with van der Waals surface area (Å²) in [5.74, 6) is 1.70. The summed E-state index contributed by atoms with van der Waals surface area (Å²) >= 11 is 6.14. The fourth-order valence-corrected chi connectivity index (χ4v) is 2.74. The molecule has 1 aliphatic heterocycles. The molecule has 3 heterocycles. The van der Waals surface area contributed by atoms with Crippen LogP contribution in [-0.2, 0) is 18.3 Å². The molecule has 8 heteroatoms. The van der Waals surface area contributed by atoms with Gasteiger partial charge in [0.1, 0.15) is 5.15 Å². The third-order valence-corrected chi connectivity index (χ3v) is 4.32. The average Bonchev–Trinajstić information content (AvgIpc) is 3.08. The lowest BCUT2D eigenvalue weighted by Crippen LogP contribution is -2.33. The van der Waals surface area contributed by atoms with E-state index in [0.29, 0.717) is 28.3 Å². The van der Waals surface area contributed by atoms with Crippen molar-refractivity contribution in [1.82, 2.24) is 25.0 Å². The van der Waals surface area contributed by atoms with Crippen molar-refractivity contribution in [2.24, 2.45) is 13.0 Å². The number of halogens is 1. The molecule has 0 bridgehead atoms. The molecule has 1 aliphatic rings. The first-order valence-corrected chi connectivity index (χ1v) is 7.34. The van der Waals surface area contributed by atoms with Gasteiger partial charge in [-0.25, -0.2) is 0 Å². The van der Waals surface area contributed by atoms with Crippen molar-refractivity contribution in [2.45, 2.75) is 19.3 Å². The Morgan fingerprint density at radius 1 is 1.43 bits per heavy atom. The molecule has 0 amide bonds. The van der Waals surface area contributed by atoms with Crippen LogP contribution in [0.3, 0.4) is 0 Å². The van der Waals surface area contributed by atoms with E-state index in [2.05, 4.69) is 15.2 Å². The summed E-state index contributed by atoms with van der Waals surface area (Å²) in [5.41, 5.74) is 0.698. The van der Waals surface area contributed by atoms with Gasteiger partial charge in [0.2, 0.25) is 11.7 Å². The average molecular weight is 312 g/mol. The Balaban J connectivity index is 1.65. The highest BCUT2D eigenvalue weighted by atomic mass is 35.5. The minimum atomic E-state index is 0.498. The monoisotopic (exact) mass is 311 g/mol. The Bertz CT molecular complexity index is 603. The largest absolute Gasteiger partial charge is 0.339 e. The summed E-state index contributed by atoms with van der Waals surface area (Å²) in [7, 11) is 3.48. The first-order chi connectivity index (χ1) is 10.2. The molecule has 0 saturated carbocycles. The smallest absolute Gasteiger partial charge is 0.227 e. The van der Waals surface area contributed by atoms with Gasteiger partial charge in [-0.15, -0.1) is 0 Å². The summed E-state index contributed by atoms with van der Waals surface area (Å²) in [6.45, 7) is 1.88. The molecule has 0 radical (unpaired) electrons. The molecule has 2 aromatic rings. The van der Waals surface area contributed by atoms with E-state index in [1.165, 1.54) is 0 Å². The van der Waals surface area contributed by atoms with E-state index in [0.717, 1.165) is 32.4 Å². The second-order valence-electron chi connectivity index (χ2n) is 5.24. The van der Waals surface area contributed by atoms with Gasteiger partial charge < -0.3 is 9.36 Å². The molecular formula is C13H18ClN5O2.